The molecule has 1 N–H and O–H groups in total. The Balaban J connectivity index is 1.84. The standard InChI is InChI=1S/C19H18ClFN2O4/c20-14-4-5-16(17(11-14)23(25)26)18(24)22-12-19(6-8-27-9-7-19)13-2-1-3-15(21)10-13/h1-5,10-11H,6-9,12H2,(H,22,24). The molecule has 1 fully saturated rings. The highest BCUT2D eigenvalue weighted by Crippen LogP contribution is 2.35. The van der Waals surface area contributed by atoms with Gasteiger partial charge < -0.3 is 10.1 Å². The number of hydrogen-bond donors (Lipinski definition) is 1. The van der Waals surface area contributed by atoms with E-state index in [1.807, 2.05) is 6.07 Å². The molecule has 1 saturated heterocycles. The maximum atomic E-state index is 13.7. The molecule has 8 heteroatoms. The van der Waals surface area contributed by atoms with E-state index in [2.05, 4.69) is 5.32 Å². The summed E-state index contributed by atoms with van der Waals surface area (Å²) in [6, 6.07) is 10.2. The number of rotatable bonds is 5. The smallest absolute Gasteiger partial charge is 0.283 e. The first-order valence-electron chi connectivity index (χ1n) is 8.47. The van der Waals surface area contributed by atoms with Crippen LogP contribution in [-0.4, -0.2) is 30.6 Å². The molecule has 142 valence electrons. The lowest BCUT2D eigenvalue weighted by atomic mass is 9.74. The first kappa shape index (κ1) is 19.3. The van der Waals surface area contributed by atoms with Crippen LogP contribution < -0.4 is 5.32 Å². The van der Waals surface area contributed by atoms with Gasteiger partial charge in [0.15, 0.2) is 0 Å². The van der Waals surface area contributed by atoms with Crippen molar-refractivity contribution in [3.8, 4) is 0 Å². The first-order valence-corrected chi connectivity index (χ1v) is 8.85. The molecule has 2 aromatic carbocycles. The molecule has 1 amide bonds. The van der Waals surface area contributed by atoms with Crippen LogP contribution in [0.1, 0.15) is 28.8 Å². The van der Waals surface area contributed by atoms with Crippen LogP contribution >= 0.6 is 11.6 Å². The number of nitrogens with one attached hydrogen (secondary N) is 1. The third-order valence-corrected chi connectivity index (χ3v) is 5.11. The molecule has 0 aliphatic carbocycles. The van der Waals surface area contributed by atoms with Crippen molar-refractivity contribution in [3.63, 3.8) is 0 Å². The molecule has 1 aliphatic rings. The molecule has 0 aromatic heterocycles. The average Bonchev–Trinajstić information content (AvgIpc) is 2.66. The topological polar surface area (TPSA) is 81.5 Å². The van der Waals surface area contributed by atoms with Gasteiger partial charge in [-0.05, 0) is 42.7 Å². The molecule has 6 nitrogen and oxygen atoms in total. The van der Waals surface area contributed by atoms with E-state index in [1.165, 1.54) is 24.3 Å². The molecule has 0 saturated carbocycles. The summed E-state index contributed by atoms with van der Waals surface area (Å²) in [6.45, 7) is 1.21. The predicted molar refractivity (Wildman–Crippen MR) is 98.6 cm³/mol. The fourth-order valence-electron chi connectivity index (χ4n) is 3.34. The maximum Gasteiger partial charge on any atom is 0.283 e. The van der Waals surface area contributed by atoms with E-state index in [0.717, 1.165) is 11.6 Å². The van der Waals surface area contributed by atoms with Crippen LogP contribution in [0.15, 0.2) is 42.5 Å². The molecule has 2 aromatic rings. The van der Waals surface area contributed by atoms with Gasteiger partial charge in [-0.15, -0.1) is 0 Å². The molecule has 0 radical (unpaired) electrons. The van der Waals surface area contributed by atoms with Crippen molar-refractivity contribution in [2.45, 2.75) is 18.3 Å². The third-order valence-electron chi connectivity index (χ3n) is 4.88. The van der Waals surface area contributed by atoms with Crippen molar-refractivity contribution < 1.29 is 18.8 Å². The SMILES string of the molecule is O=C(NCC1(c2cccc(F)c2)CCOCC1)c1ccc(Cl)cc1[N+](=O)[O-]. The van der Waals surface area contributed by atoms with Crippen molar-refractivity contribution in [2.75, 3.05) is 19.8 Å². The van der Waals surface area contributed by atoms with Crippen LogP contribution in [0, 0.1) is 15.9 Å². The average molecular weight is 393 g/mol. The number of benzene rings is 2. The number of nitro groups is 1. The molecular weight excluding hydrogens is 375 g/mol. The van der Waals surface area contributed by atoms with Crippen LogP contribution in [0.3, 0.4) is 0 Å². The van der Waals surface area contributed by atoms with Gasteiger partial charge in [0.05, 0.1) is 4.92 Å². The highest BCUT2D eigenvalue weighted by Gasteiger charge is 2.35. The number of hydrogen-bond acceptors (Lipinski definition) is 4. The van der Waals surface area contributed by atoms with Crippen LogP contribution in [-0.2, 0) is 10.2 Å². The van der Waals surface area contributed by atoms with Crippen molar-refractivity contribution >= 4 is 23.2 Å². The third kappa shape index (κ3) is 4.26. The minimum absolute atomic E-state index is 0.0640. The normalized spacial score (nSPS) is 15.9. The number of carbonyl (C=O) groups is 1. The molecule has 27 heavy (non-hydrogen) atoms. The first-order chi connectivity index (χ1) is 12.9. The monoisotopic (exact) mass is 392 g/mol. The molecule has 1 heterocycles. The van der Waals surface area contributed by atoms with E-state index in [1.54, 1.807) is 6.07 Å². The molecule has 0 unspecified atom stereocenters. The summed E-state index contributed by atoms with van der Waals surface area (Å²) in [4.78, 5) is 23.2. The number of carbonyl (C=O) groups excluding carboxylic acids is 1. The summed E-state index contributed by atoms with van der Waals surface area (Å²) < 4.78 is 19.2. The van der Waals surface area contributed by atoms with Crippen molar-refractivity contribution in [1.82, 2.24) is 5.32 Å². The Labute approximate surface area is 160 Å². The minimum Gasteiger partial charge on any atom is -0.381 e. The second-order valence-corrected chi connectivity index (χ2v) is 6.94. The lowest BCUT2D eigenvalue weighted by Gasteiger charge is -2.38. The van der Waals surface area contributed by atoms with Crippen LogP contribution in [0.2, 0.25) is 5.02 Å². The van der Waals surface area contributed by atoms with Gasteiger partial charge >= 0.3 is 0 Å². The largest absolute Gasteiger partial charge is 0.381 e. The van der Waals surface area contributed by atoms with Gasteiger partial charge in [0.25, 0.3) is 11.6 Å². The van der Waals surface area contributed by atoms with E-state index in [9.17, 15) is 19.3 Å². The van der Waals surface area contributed by atoms with E-state index < -0.39 is 16.2 Å². The van der Waals surface area contributed by atoms with Gasteiger partial charge in [0, 0.05) is 36.3 Å². The zero-order valence-electron chi connectivity index (χ0n) is 14.4. The highest BCUT2D eigenvalue weighted by atomic mass is 35.5. The van der Waals surface area contributed by atoms with E-state index >= 15 is 0 Å². The van der Waals surface area contributed by atoms with Crippen molar-refractivity contribution in [2.24, 2.45) is 0 Å². The van der Waals surface area contributed by atoms with Gasteiger partial charge in [-0.1, -0.05) is 23.7 Å². The Morgan fingerprint density at radius 3 is 2.67 bits per heavy atom. The maximum absolute atomic E-state index is 13.7. The van der Waals surface area contributed by atoms with Gasteiger partial charge in [-0.2, -0.15) is 0 Å². The highest BCUT2D eigenvalue weighted by molar-refractivity contribution is 6.31. The van der Waals surface area contributed by atoms with Gasteiger partial charge in [-0.25, -0.2) is 4.39 Å². The molecular formula is C19H18ClFN2O4. The quantitative estimate of drug-likeness (QED) is 0.618. The molecule has 1 aliphatic heterocycles. The molecule has 0 spiro atoms. The lowest BCUT2D eigenvalue weighted by Crippen LogP contribution is -2.44. The number of nitro benzene ring substituents is 1. The summed E-state index contributed by atoms with van der Waals surface area (Å²) in [6.07, 6.45) is 1.22. The summed E-state index contributed by atoms with van der Waals surface area (Å²) in [7, 11) is 0. The Morgan fingerprint density at radius 1 is 1.26 bits per heavy atom. The fourth-order valence-corrected chi connectivity index (χ4v) is 3.51. The van der Waals surface area contributed by atoms with Crippen molar-refractivity contribution in [3.05, 3.63) is 74.5 Å². The van der Waals surface area contributed by atoms with E-state index in [0.29, 0.717) is 26.1 Å². The zero-order valence-corrected chi connectivity index (χ0v) is 15.2. The number of nitrogens with zero attached hydrogens (tertiary/aromatic N) is 1. The van der Waals surface area contributed by atoms with Crippen molar-refractivity contribution in [1.29, 1.82) is 0 Å². The zero-order chi connectivity index (χ0) is 19.4. The second kappa shape index (κ2) is 8.02. The van der Waals surface area contributed by atoms with Gasteiger partial charge in [0.2, 0.25) is 0 Å². The van der Waals surface area contributed by atoms with Gasteiger partial charge in [0.1, 0.15) is 11.4 Å². The minimum atomic E-state index is -0.641. The van der Waals surface area contributed by atoms with E-state index in [-0.39, 0.29) is 28.6 Å². The number of amides is 1. The molecule has 3 rings (SSSR count). The Bertz CT molecular complexity index is 869. The Hall–Kier alpha value is -2.51. The van der Waals surface area contributed by atoms with Crippen LogP contribution in [0.4, 0.5) is 10.1 Å². The van der Waals surface area contributed by atoms with Gasteiger partial charge in [-0.3, -0.25) is 14.9 Å². The number of ether oxygens (including phenoxy) is 1. The summed E-state index contributed by atoms with van der Waals surface area (Å²) in [5.74, 6) is -0.918. The summed E-state index contributed by atoms with van der Waals surface area (Å²) in [5, 5.41) is 14.2. The Morgan fingerprint density at radius 2 is 2.00 bits per heavy atom. The summed E-state index contributed by atoms with van der Waals surface area (Å²) in [5.41, 5.74) is -0.133. The second-order valence-electron chi connectivity index (χ2n) is 6.50. The molecule has 0 bridgehead atoms. The Kier molecular flexibility index (Phi) is 5.72. The van der Waals surface area contributed by atoms with E-state index in [4.69, 9.17) is 16.3 Å². The predicted octanol–water partition coefficient (Wildman–Crippen LogP) is 3.87. The lowest BCUT2D eigenvalue weighted by molar-refractivity contribution is -0.385. The number of halogens is 2. The van der Waals surface area contributed by atoms with Crippen LogP contribution in [0.25, 0.3) is 0 Å². The fraction of sp³-hybridized carbons (Fsp3) is 0.316. The summed E-state index contributed by atoms with van der Waals surface area (Å²) >= 11 is 5.80. The molecule has 0 atom stereocenters. The van der Waals surface area contributed by atoms with Crippen LogP contribution in [0.5, 0.6) is 0 Å².